The third-order valence-electron chi connectivity index (χ3n) is 10.1. The lowest BCUT2D eigenvalue weighted by atomic mass is 9.94. The molecular weight excluding hydrogens is 659 g/mol. The number of aromatic nitrogens is 4. The first-order chi connectivity index (χ1) is 24.4. The number of nitrogens with zero attached hydrogens (tertiary/aromatic N) is 5. The van der Waals surface area contributed by atoms with Crippen LogP contribution in [-0.2, 0) is 19.3 Å². The van der Waals surface area contributed by atoms with Crippen LogP contribution in [0.15, 0.2) is 59.0 Å². The number of hydrogen-bond acceptors (Lipinski definition) is 9. The Morgan fingerprint density at radius 1 is 1.00 bits per heavy atom. The summed E-state index contributed by atoms with van der Waals surface area (Å²) in [5.74, 6) is 0.277. The zero-order valence-electron chi connectivity index (χ0n) is 27.4. The highest BCUT2D eigenvalue weighted by molar-refractivity contribution is 7.22. The molecule has 5 heterocycles. The summed E-state index contributed by atoms with van der Waals surface area (Å²) >= 11 is 1.50. The molecule has 3 aromatic carbocycles. The van der Waals surface area contributed by atoms with Crippen molar-refractivity contribution in [3.8, 4) is 27.8 Å². The predicted molar refractivity (Wildman–Crippen MR) is 185 cm³/mol. The van der Waals surface area contributed by atoms with Crippen LogP contribution in [0.1, 0.15) is 75.7 Å². The monoisotopic (exact) mass is 690 g/mol. The Labute approximate surface area is 290 Å². The van der Waals surface area contributed by atoms with Gasteiger partial charge in [0.05, 0.1) is 57.6 Å². The minimum absolute atomic E-state index is 0.0374. The molecule has 0 bridgehead atoms. The normalized spacial score (nSPS) is 17.8. The Hall–Kier alpha value is -5.23. The van der Waals surface area contributed by atoms with Crippen molar-refractivity contribution in [3.05, 3.63) is 106 Å². The first-order valence-corrected chi connectivity index (χ1v) is 17.6. The number of hydrogen-bond donors (Lipinski definition) is 1. The number of ether oxygens (including phenoxy) is 1. The van der Waals surface area contributed by atoms with Crippen molar-refractivity contribution in [2.45, 2.75) is 57.5 Å². The fourth-order valence-corrected chi connectivity index (χ4v) is 8.96. The Morgan fingerprint density at radius 3 is 2.66 bits per heavy atom. The topological polar surface area (TPSA) is 106 Å². The maximum atomic E-state index is 14.5. The van der Waals surface area contributed by atoms with E-state index in [0.29, 0.717) is 59.1 Å². The molecule has 50 heavy (non-hydrogen) atoms. The van der Waals surface area contributed by atoms with E-state index in [2.05, 4.69) is 15.5 Å². The van der Waals surface area contributed by atoms with Crippen molar-refractivity contribution in [1.29, 1.82) is 0 Å². The Balaban J connectivity index is 1.20. The van der Waals surface area contributed by atoms with E-state index in [9.17, 15) is 13.6 Å². The quantitative estimate of drug-likeness (QED) is 0.171. The average Bonchev–Trinajstić information content (AvgIpc) is 3.96. The van der Waals surface area contributed by atoms with Gasteiger partial charge in [0.25, 0.3) is 5.91 Å². The van der Waals surface area contributed by atoms with Gasteiger partial charge in [0, 0.05) is 24.6 Å². The van der Waals surface area contributed by atoms with Crippen molar-refractivity contribution in [3.63, 3.8) is 0 Å². The first kappa shape index (κ1) is 30.8. The van der Waals surface area contributed by atoms with Crippen LogP contribution in [0, 0.1) is 18.6 Å². The van der Waals surface area contributed by atoms with Crippen LogP contribution in [0.4, 0.5) is 14.5 Å². The highest BCUT2D eigenvalue weighted by Crippen LogP contribution is 2.50. The lowest BCUT2D eigenvalue weighted by Crippen LogP contribution is -2.22. The Morgan fingerprint density at radius 2 is 1.86 bits per heavy atom. The van der Waals surface area contributed by atoms with Crippen molar-refractivity contribution in [1.82, 2.24) is 25.1 Å². The largest absolute Gasteiger partial charge is 0.493 e. The highest BCUT2D eigenvalue weighted by atomic mass is 32.1. The van der Waals surface area contributed by atoms with E-state index in [1.165, 1.54) is 36.6 Å². The third kappa shape index (κ3) is 4.95. The molecular formula is C38H32F2N6O3S. The molecule has 2 atom stereocenters. The average molecular weight is 691 g/mol. The van der Waals surface area contributed by atoms with Gasteiger partial charge in [-0.3, -0.25) is 9.78 Å². The first-order valence-electron chi connectivity index (χ1n) is 16.8. The number of nitrogens with one attached hydrogen (secondary N) is 1. The van der Waals surface area contributed by atoms with E-state index in [1.54, 1.807) is 19.1 Å². The smallest absolute Gasteiger partial charge is 0.257 e. The number of fused-ring (bicyclic) bond motifs is 5. The van der Waals surface area contributed by atoms with Gasteiger partial charge in [0.2, 0.25) is 11.8 Å². The summed E-state index contributed by atoms with van der Waals surface area (Å²) in [4.78, 5) is 26.5. The van der Waals surface area contributed by atoms with E-state index in [4.69, 9.17) is 19.1 Å². The van der Waals surface area contributed by atoms with E-state index in [1.807, 2.05) is 29.2 Å². The number of thiazole rings is 1. The fraction of sp³-hybridized carbons (Fsp3) is 0.289. The molecule has 1 aliphatic carbocycles. The standard InChI is InChI=1S/C38H32F2N6O3S/c1-19-44-45-36(49-19)30-26(16-10-20-8-11-21(39)12-9-20)42-33-29-7-4-18-46(29)38(47)32(33)31(30)37-43-28-6-3-5-27(35(28)50-37)41-25-17-14-23-22(25)13-15-24(40)34(23)48-2/h3,5-6,8-9,11-13,15,25,29,41H,4,7,10,14,16-18H2,1-2H3/t25-,29+/m0/s1. The second-order valence-corrected chi connectivity index (χ2v) is 14.0. The van der Waals surface area contributed by atoms with Gasteiger partial charge in [-0.05, 0) is 80.0 Å². The fourth-order valence-electron chi connectivity index (χ4n) is 7.86. The molecule has 252 valence electrons. The second kappa shape index (κ2) is 12.0. The van der Waals surface area contributed by atoms with Crippen LogP contribution >= 0.6 is 11.3 Å². The number of carbonyl (C=O) groups excluding carboxylic acids is 1. The van der Waals surface area contributed by atoms with Crippen LogP contribution in [0.2, 0.25) is 0 Å². The lowest BCUT2D eigenvalue weighted by molar-refractivity contribution is 0.0776. The van der Waals surface area contributed by atoms with Crippen LogP contribution in [0.5, 0.6) is 5.75 Å². The molecule has 0 radical (unpaired) electrons. The van der Waals surface area contributed by atoms with Crippen LogP contribution < -0.4 is 10.1 Å². The van der Waals surface area contributed by atoms with Crippen molar-refractivity contribution >= 4 is 33.1 Å². The molecule has 1 fully saturated rings. The number of aryl methyl sites for hydroxylation is 3. The number of amides is 1. The summed E-state index contributed by atoms with van der Waals surface area (Å²) in [5.41, 5.74) is 7.85. The Kier molecular flexibility index (Phi) is 7.38. The van der Waals surface area contributed by atoms with E-state index in [0.717, 1.165) is 63.2 Å². The summed E-state index contributed by atoms with van der Waals surface area (Å²) in [6, 6.07) is 15.6. The van der Waals surface area contributed by atoms with Gasteiger partial charge in [0.15, 0.2) is 11.6 Å². The maximum absolute atomic E-state index is 14.5. The number of rotatable bonds is 8. The molecule has 3 aliphatic rings. The minimum Gasteiger partial charge on any atom is -0.493 e. The molecule has 2 aliphatic heterocycles. The number of pyridine rings is 1. The molecule has 1 saturated heterocycles. The minimum atomic E-state index is -0.356. The van der Waals surface area contributed by atoms with Gasteiger partial charge in [-0.15, -0.1) is 21.5 Å². The highest BCUT2D eigenvalue weighted by Gasteiger charge is 2.45. The number of anilines is 1. The predicted octanol–water partition coefficient (Wildman–Crippen LogP) is 8.18. The van der Waals surface area contributed by atoms with Crippen LogP contribution in [0.25, 0.3) is 32.2 Å². The molecule has 3 aromatic heterocycles. The van der Waals surface area contributed by atoms with Crippen LogP contribution in [0.3, 0.4) is 0 Å². The molecule has 9 rings (SSSR count). The molecule has 9 nitrogen and oxygen atoms in total. The third-order valence-corrected chi connectivity index (χ3v) is 11.2. The lowest BCUT2D eigenvalue weighted by Gasteiger charge is -2.17. The van der Waals surface area contributed by atoms with Gasteiger partial charge in [-0.1, -0.05) is 24.3 Å². The summed E-state index contributed by atoms with van der Waals surface area (Å²) in [6.07, 6.45) is 4.35. The van der Waals surface area contributed by atoms with Crippen LogP contribution in [-0.4, -0.2) is 44.6 Å². The second-order valence-electron chi connectivity index (χ2n) is 13.0. The molecule has 0 unspecified atom stereocenters. The molecule has 1 amide bonds. The number of carbonyl (C=O) groups is 1. The van der Waals surface area contributed by atoms with Gasteiger partial charge in [-0.2, -0.15) is 0 Å². The summed E-state index contributed by atoms with van der Waals surface area (Å²) in [7, 11) is 1.50. The maximum Gasteiger partial charge on any atom is 0.257 e. The molecule has 6 aromatic rings. The van der Waals surface area contributed by atoms with Crippen molar-refractivity contribution < 1.29 is 22.7 Å². The van der Waals surface area contributed by atoms with Gasteiger partial charge >= 0.3 is 0 Å². The zero-order chi connectivity index (χ0) is 34.1. The van der Waals surface area contributed by atoms with E-state index in [-0.39, 0.29) is 35.5 Å². The molecule has 0 saturated carbocycles. The van der Waals surface area contributed by atoms with Crippen molar-refractivity contribution in [2.24, 2.45) is 0 Å². The molecule has 12 heteroatoms. The molecule has 1 N–H and O–H groups in total. The van der Waals surface area contributed by atoms with E-state index >= 15 is 0 Å². The zero-order valence-corrected chi connectivity index (χ0v) is 28.2. The number of benzene rings is 3. The molecule has 0 spiro atoms. The Bertz CT molecular complexity index is 2320. The van der Waals surface area contributed by atoms with E-state index < -0.39 is 0 Å². The number of methoxy groups -OCH3 is 1. The van der Waals surface area contributed by atoms with Gasteiger partial charge < -0.3 is 19.4 Å². The van der Waals surface area contributed by atoms with Gasteiger partial charge in [-0.25, -0.2) is 13.8 Å². The summed E-state index contributed by atoms with van der Waals surface area (Å²) in [5, 5.41) is 12.9. The van der Waals surface area contributed by atoms with Gasteiger partial charge in [0.1, 0.15) is 10.8 Å². The number of halogens is 2. The van der Waals surface area contributed by atoms with Crippen molar-refractivity contribution in [2.75, 3.05) is 19.0 Å². The summed E-state index contributed by atoms with van der Waals surface area (Å²) in [6.45, 7) is 2.40. The SMILES string of the molecule is COc1c(F)ccc2c1CC[C@@H]2Nc1cccc2nc(-c3c4c(nc(CCc5ccc(F)cc5)c3-c3nnc(C)o3)[C@H]3CCCN3C4=O)sc12. The summed E-state index contributed by atoms with van der Waals surface area (Å²) < 4.78 is 40.6.